The molecule has 0 aliphatic heterocycles. The Kier molecular flexibility index (Phi) is 5.52. The van der Waals surface area contributed by atoms with Gasteiger partial charge >= 0.3 is 5.97 Å². The zero-order chi connectivity index (χ0) is 14.6. The molecule has 0 radical (unpaired) electrons. The predicted molar refractivity (Wildman–Crippen MR) is 86.1 cm³/mol. The van der Waals surface area contributed by atoms with Gasteiger partial charge in [-0.3, -0.25) is 4.79 Å². The van der Waals surface area contributed by atoms with Gasteiger partial charge in [0.15, 0.2) is 0 Å². The van der Waals surface area contributed by atoms with Crippen molar-refractivity contribution in [2.45, 2.75) is 41.9 Å². The summed E-state index contributed by atoms with van der Waals surface area (Å²) in [6.07, 6.45) is 2.71. The Balaban J connectivity index is 2.02. The molecule has 3 nitrogen and oxygen atoms in total. The Bertz CT molecular complexity index is 465. The molecule has 1 fully saturated rings. The summed E-state index contributed by atoms with van der Waals surface area (Å²) < 4.78 is 6.08. The molecular formula is C15H20BrNO2S. The van der Waals surface area contributed by atoms with Crippen LogP contribution < -0.4 is 5.32 Å². The fourth-order valence-corrected chi connectivity index (χ4v) is 4.30. The molecule has 110 valence electrons. The smallest absolute Gasteiger partial charge is 0.326 e. The molecule has 0 heterocycles. The Morgan fingerprint density at radius 3 is 2.80 bits per heavy atom. The van der Waals surface area contributed by atoms with E-state index in [1.807, 2.05) is 18.7 Å². The number of methoxy groups -OCH3 is 1. The van der Waals surface area contributed by atoms with Gasteiger partial charge in [0.1, 0.15) is 5.54 Å². The number of likely N-dealkylation sites (N-methyl/N-ethyl adjacent to an activating group) is 1. The predicted octanol–water partition coefficient (Wildman–Crippen LogP) is 3.62. The maximum Gasteiger partial charge on any atom is 0.326 e. The van der Waals surface area contributed by atoms with Crippen molar-refractivity contribution in [3.8, 4) is 0 Å². The number of benzene rings is 1. The molecule has 1 N–H and O–H groups in total. The highest BCUT2D eigenvalue weighted by Gasteiger charge is 2.45. The van der Waals surface area contributed by atoms with Crippen LogP contribution in [0.3, 0.4) is 0 Å². The lowest BCUT2D eigenvalue weighted by Crippen LogP contribution is -2.50. The van der Waals surface area contributed by atoms with Crippen molar-refractivity contribution >= 4 is 33.7 Å². The zero-order valence-corrected chi connectivity index (χ0v) is 14.2. The van der Waals surface area contributed by atoms with Gasteiger partial charge in [0, 0.05) is 14.6 Å². The van der Waals surface area contributed by atoms with Crippen molar-refractivity contribution in [3.63, 3.8) is 0 Å². The van der Waals surface area contributed by atoms with Crippen LogP contribution in [0.4, 0.5) is 0 Å². The third-order valence-corrected chi connectivity index (χ3v) is 5.49. The van der Waals surface area contributed by atoms with Crippen molar-refractivity contribution in [1.29, 1.82) is 0 Å². The summed E-state index contributed by atoms with van der Waals surface area (Å²) in [7, 11) is 1.47. The van der Waals surface area contributed by atoms with Crippen molar-refractivity contribution < 1.29 is 9.53 Å². The molecule has 5 heteroatoms. The molecule has 1 aromatic rings. The van der Waals surface area contributed by atoms with Crippen LogP contribution in [0.5, 0.6) is 0 Å². The van der Waals surface area contributed by atoms with Crippen LogP contribution in [0.25, 0.3) is 0 Å². The summed E-state index contributed by atoms with van der Waals surface area (Å²) in [5.41, 5.74) is -0.490. The second-order valence-electron chi connectivity index (χ2n) is 5.04. The van der Waals surface area contributed by atoms with Gasteiger partial charge in [-0.05, 0) is 50.1 Å². The lowest BCUT2D eigenvalue weighted by atomic mass is 9.98. The van der Waals surface area contributed by atoms with Gasteiger partial charge in [-0.1, -0.05) is 22.9 Å². The number of halogens is 1. The van der Waals surface area contributed by atoms with Gasteiger partial charge in [0.05, 0.1) is 7.11 Å². The van der Waals surface area contributed by atoms with Crippen molar-refractivity contribution in [3.05, 3.63) is 28.7 Å². The minimum Gasteiger partial charge on any atom is -0.468 e. The van der Waals surface area contributed by atoms with E-state index in [1.54, 1.807) is 0 Å². The van der Waals surface area contributed by atoms with Crippen molar-refractivity contribution in [2.24, 2.45) is 0 Å². The minimum absolute atomic E-state index is 0.127. The van der Waals surface area contributed by atoms with Gasteiger partial charge in [-0.2, -0.15) is 0 Å². The van der Waals surface area contributed by atoms with E-state index in [-0.39, 0.29) is 5.97 Å². The molecule has 1 aromatic carbocycles. The largest absolute Gasteiger partial charge is 0.468 e. The van der Waals surface area contributed by atoms with Crippen LogP contribution in [-0.2, 0) is 9.53 Å². The summed E-state index contributed by atoms with van der Waals surface area (Å²) in [5.74, 6) is -0.127. The van der Waals surface area contributed by atoms with Gasteiger partial charge < -0.3 is 10.1 Å². The van der Waals surface area contributed by atoms with E-state index in [1.165, 1.54) is 12.0 Å². The van der Waals surface area contributed by atoms with Crippen LogP contribution in [-0.4, -0.2) is 30.4 Å². The molecule has 1 aliphatic rings. The first kappa shape index (κ1) is 15.9. The van der Waals surface area contributed by atoms with Crippen LogP contribution in [0, 0.1) is 0 Å². The monoisotopic (exact) mass is 357 g/mol. The van der Waals surface area contributed by atoms with E-state index >= 15 is 0 Å². The lowest BCUT2D eigenvalue weighted by Gasteiger charge is -2.27. The van der Waals surface area contributed by atoms with E-state index < -0.39 is 5.54 Å². The number of rotatable bonds is 5. The Labute approximate surface area is 133 Å². The number of thioether (sulfide) groups is 1. The molecule has 0 saturated heterocycles. The molecule has 2 rings (SSSR count). The number of hydrogen-bond acceptors (Lipinski definition) is 4. The topological polar surface area (TPSA) is 38.3 Å². The zero-order valence-electron chi connectivity index (χ0n) is 11.8. The van der Waals surface area contributed by atoms with E-state index in [2.05, 4.69) is 45.5 Å². The summed E-state index contributed by atoms with van der Waals surface area (Å²) in [6.45, 7) is 2.81. The molecule has 0 aromatic heterocycles. The quantitative estimate of drug-likeness (QED) is 0.816. The van der Waals surface area contributed by atoms with Gasteiger partial charge in [-0.15, -0.1) is 11.8 Å². The third kappa shape index (κ3) is 3.57. The fraction of sp³-hybridized carbons (Fsp3) is 0.533. The van der Waals surface area contributed by atoms with Crippen LogP contribution in [0.15, 0.2) is 33.6 Å². The van der Waals surface area contributed by atoms with E-state index in [0.29, 0.717) is 5.25 Å². The highest BCUT2D eigenvalue weighted by atomic mass is 79.9. The summed E-state index contributed by atoms with van der Waals surface area (Å²) in [4.78, 5) is 13.3. The highest BCUT2D eigenvalue weighted by Crippen LogP contribution is 2.41. The number of esters is 1. The van der Waals surface area contributed by atoms with Gasteiger partial charge in [0.2, 0.25) is 0 Å². The average molecular weight is 358 g/mol. The minimum atomic E-state index is -0.490. The molecule has 20 heavy (non-hydrogen) atoms. The molecule has 2 atom stereocenters. The van der Waals surface area contributed by atoms with Crippen LogP contribution in [0.2, 0.25) is 0 Å². The molecular weight excluding hydrogens is 338 g/mol. The number of nitrogens with one attached hydrogen (secondary N) is 1. The molecule has 1 saturated carbocycles. The Hall–Kier alpha value is -0.520. The third-order valence-electron chi connectivity index (χ3n) is 3.68. The Morgan fingerprint density at radius 1 is 1.50 bits per heavy atom. The van der Waals surface area contributed by atoms with E-state index in [4.69, 9.17) is 4.74 Å². The van der Waals surface area contributed by atoms with E-state index in [0.717, 1.165) is 30.3 Å². The standard InChI is InChI=1S/C15H20BrNO2S/c1-3-17-15(14(18)19-2)9-8-13(10-15)20-12-6-4-11(16)5-7-12/h4-7,13,17H,3,8-10H2,1-2H3. The maximum absolute atomic E-state index is 12.1. The first-order chi connectivity index (χ1) is 9.59. The highest BCUT2D eigenvalue weighted by molar-refractivity contribution is 9.10. The Morgan fingerprint density at radius 2 is 2.20 bits per heavy atom. The van der Waals surface area contributed by atoms with Crippen molar-refractivity contribution in [1.82, 2.24) is 5.32 Å². The van der Waals surface area contributed by atoms with E-state index in [9.17, 15) is 4.79 Å². The number of ether oxygens (including phenoxy) is 1. The van der Waals surface area contributed by atoms with Gasteiger partial charge in [-0.25, -0.2) is 0 Å². The molecule has 1 aliphatic carbocycles. The molecule has 0 bridgehead atoms. The second kappa shape index (κ2) is 6.96. The normalized spacial score (nSPS) is 25.6. The van der Waals surface area contributed by atoms with Crippen LogP contribution >= 0.6 is 27.7 Å². The second-order valence-corrected chi connectivity index (χ2v) is 7.33. The summed E-state index contributed by atoms with van der Waals surface area (Å²) in [5, 5.41) is 3.79. The first-order valence-electron chi connectivity index (χ1n) is 6.85. The number of carbonyl (C=O) groups is 1. The average Bonchev–Trinajstić information content (AvgIpc) is 2.85. The molecule has 0 amide bonds. The van der Waals surface area contributed by atoms with Gasteiger partial charge in [0.25, 0.3) is 0 Å². The number of carbonyl (C=O) groups excluding carboxylic acids is 1. The van der Waals surface area contributed by atoms with Crippen LogP contribution in [0.1, 0.15) is 26.2 Å². The fourth-order valence-electron chi connectivity index (χ4n) is 2.76. The van der Waals surface area contributed by atoms with Crippen molar-refractivity contribution in [2.75, 3.05) is 13.7 Å². The maximum atomic E-state index is 12.1. The number of hydrogen-bond donors (Lipinski definition) is 1. The SMILES string of the molecule is CCNC1(C(=O)OC)CCC(Sc2ccc(Br)cc2)C1. The summed E-state index contributed by atoms with van der Waals surface area (Å²) in [6, 6.07) is 8.32. The molecule has 0 spiro atoms. The first-order valence-corrected chi connectivity index (χ1v) is 8.52. The lowest BCUT2D eigenvalue weighted by molar-refractivity contribution is -0.148. The molecule has 2 unspecified atom stereocenters. The summed E-state index contributed by atoms with van der Waals surface area (Å²) >= 11 is 5.29.